The van der Waals surface area contributed by atoms with Crippen molar-refractivity contribution in [1.29, 1.82) is 0 Å². The van der Waals surface area contributed by atoms with Crippen LogP contribution in [0.2, 0.25) is 0 Å². The Hall–Kier alpha value is -3.21. The largest absolute Gasteiger partial charge is 0.493 e. The van der Waals surface area contributed by atoms with Crippen molar-refractivity contribution in [2.24, 2.45) is 0 Å². The zero-order chi connectivity index (χ0) is 17.5. The van der Waals surface area contributed by atoms with E-state index in [4.69, 9.17) is 4.74 Å². The van der Waals surface area contributed by atoms with Crippen molar-refractivity contribution in [1.82, 2.24) is 15.0 Å². The fraction of sp³-hybridized carbons (Fsp3) is 0.150. The number of ether oxygens (including phenoxy) is 1. The van der Waals surface area contributed by atoms with E-state index in [1.807, 2.05) is 48.5 Å². The maximum Gasteiger partial charge on any atom is 0.218 e. The van der Waals surface area contributed by atoms with Crippen molar-refractivity contribution in [3.8, 4) is 11.4 Å². The fourth-order valence-corrected chi connectivity index (χ4v) is 2.40. The monoisotopic (exact) mass is 333 g/mol. The minimum absolute atomic E-state index is 0.207. The van der Waals surface area contributed by atoms with Gasteiger partial charge in [-0.25, -0.2) is 4.68 Å². The molecular weight excluding hydrogens is 314 g/mol. The van der Waals surface area contributed by atoms with Gasteiger partial charge in [-0.15, -0.1) is 11.7 Å². The predicted molar refractivity (Wildman–Crippen MR) is 96.2 cm³/mol. The van der Waals surface area contributed by atoms with Gasteiger partial charge in [0.15, 0.2) is 5.69 Å². The number of unbranched alkanes of at least 4 members (excludes halogenated alkanes) is 1. The van der Waals surface area contributed by atoms with Crippen LogP contribution >= 0.6 is 0 Å². The number of carbonyl (C=O) groups is 1. The van der Waals surface area contributed by atoms with Crippen LogP contribution in [0.4, 0.5) is 0 Å². The zero-order valence-corrected chi connectivity index (χ0v) is 13.8. The van der Waals surface area contributed by atoms with Gasteiger partial charge in [0.2, 0.25) is 5.78 Å². The predicted octanol–water partition coefficient (Wildman–Crippen LogP) is 3.84. The Morgan fingerprint density at radius 1 is 1.12 bits per heavy atom. The van der Waals surface area contributed by atoms with Crippen LogP contribution in [0.1, 0.15) is 28.9 Å². The quantitative estimate of drug-likeness (QED) is 0.357. The van der Waals surface area contributed by atoms with E-state index in [1.165, 1.54) is 0 Å². The Labute approximate surface area is 146 Å². The molecule has 25 heavy (non-hydrogen) atoms. The third-order valence-electron chi connectivity index (χ3n) is 3.69. The first kappa shape index (κ1) is 16.6. The molecule has 0 aliphatic rings. The second-order valence-corrected chi connectivity index (χ2v) is 5.49. The van der Waals surface area contributed by atoms with Gasteiger partial charge in [-0.1, -0.05) is 41.6 Å². The van der Waals surface area contributed by atoms with Gasteiger partial charge in [-0.2, -0.15) is 0 Å². The molecular formula is C20H19N3O2. The molecule has 0 N–H and O–H groups in total. The Balaban J connectivity index is 1.79. The van der Waals surface area contributed by atoms with E-state index >= 15 is 0 Å². The van der Waals surface area contributed by atoms with Crippen LogP contribution in [0.15, 0.2) is 73.4 Å². The first-order valence-electron chi connectivity index (χ1n) is 8.15. The molecule has 0 saturated carbocycles. The van der Waals surface area contributed by atoms with Crippen molar-refractivity contribution >= 4 is 5.78 Å². The van der Waals surface area contributed by atoms with Crippen molar-refractivity contribution < 1.29 is 9.53 Å². The molecule has 0 amide bonds. The first-order valence-corrected chi connectivity index (χ1v) is 8.15. The molecule has 0 atom stereocenters. The highest BCUT2D eigenvalue weighted by atomic mass is 16.5. The SMILES string of the molecule is C=CCCCOc1ccccc1C(=O)c1cn(-c2ccccc2)nn1. The van der Waals surface area contributed by atoms with Gasteiger partial charge >= 0.3 is 0 Å². The van der Waals surface area contributed by atoms with Crippen LogP contribution in [0.25, 0.3) is 5.69 Å². The molecule has 0 fully saturated rings. The summed E-state index contributed by atoms with van der Waals surface area (Å²) >= 11 is 0. The first-order chi connectivity index (χ1) is 12.3. The number of nitrogens with zero attached hydrogens (tertiary/aromatic N) is 3. The van der Waals surface area contributed by atoms with Crippen LogP contribution in [-0.4, -0.2) is 27.4 Å². The van der Waals surface area contributed by atoms with Crippen LogP contribution in [0.3, 0.4) is 0 Å². The van der Waals surface area contributed by atoms with E-state index in [2.05, 4.69) is 16.9 Å². The minimum atomic E-state index is -0.207. The highest BCUT2D eigenvalue weighted by Gasteiger charge is 2.18. The molecule has 5 heteroatoms. The van der Waals surface area contributed by atoms with Crippen molar-refractivity contribution in [2.45, 2.75) is 12.8 Å². The van der Waals surface area contributed by atoms with E-state index in [-0.39, 0.29) is 11.5 Å². The van der Waals surface area contributed by atoms with Crippen molar-refractivity contribution in [3.63, 3.8) is 0 Å². The summed E-state index contributed by atoms with van der Waals surface area (Å²) in [4.78, 5) is 12.8. The Bertz CT molecular complexity index is 856. The Morgan fingerprint density at radius 2 is 1.88 bits per heavy atom. The third kappa shape index (κ3) is 4.01. The Kier molecular flexibility index (Phi) is 5.36. The van der Waals surface area contributed by atoms with E-state index in [1.54, 1.807) is 23.0 Å². The topological polar surface area (TPSA) is 57.0 Å². The maximum absolute atomic E-state index is 12.8. The van der Waals surface area contributed by atoms with Crippen LogP contribution in [0, 0.1) is 0 Å². The number of ketones is 1. The van der Waals surface area contributed by atoms with Gasteiger partial charge in [0.1, 0.15) is 5.75 Å². The van der Waals surface area contributed by atoms with Gasteiger partial charge < -0.3 is 4.74 Å². The smallest absolute Gasteiger partial charge is 0.218 e. The van der Waals surface area contributed by atoms with Gasteiger partial charge in [0, 0.05) is 0 Å². The summed E-state index contributed by atoms with van der Waals surface area (Å²) in [5, 5.41) is 8.06. The van der Waals surface area contributed by atoms with Gasteiger partial charge in [-0.05, 0) is 37.1 Å². The molecule has 0 saturated heterocycles. The van der Waals surface area contributed by atoms with Crippen LogP contribution < -0.4 is 4.74 Å². The van der Waals surface area contributed by atoms with Crippen molar-refractivity contribution in [2.75, 3.05) is 6.61 Å². The second kappa shape index (κ2) is 8.06. The molecule has 5 nitrogen and oxygen atoms in total. The summed E-state index contributed by atoms with van der Waals surface area (Å²) < 4.78 is 7.33. The lowest BCUT2D eigenvalue weighted by molar-refractivity contribution is 0.103. The number of aromatic nitrogens is 3. The fourth-order valence-electron chi connectivity index (χ4n) is 2.40. The Morgan fingerprint density at radius 3 is 2.68 bits per heavy atom. The van der Waals surface area contributed by atoms with Crippen LogP contribution in [0.5, 0.6) is 5.75 Å². The van der Waals surface area contributed by atoms with E-state index in [0.29, 0.717) is 17.9 Å². The molecule has 1 heterocycles. The molecule has 0 spiro atoms. The number of carbonyl (C=O) groups excluding carboxylic acids is 1. The van der Waals surface area contributed by atoms with Crippen LogP contribution in [-0.2, 0) is 0 Å². The molecule has 0 aliphatic heterocycles. The highest BCUT2D eigenvalue weighted by molar-refractivity contribution is 6.09. The lowest BCUT2D eigenvalue weighted by Crippen LogP contribution is -2.07. The summed E-state index contributed by atoms with van der Waals surface area (Å²) in [5.41, 5.74) is 1.62. The number of hydrogen-bond acceptors (Lipinski definition) is 4. The second-order valence-electron chi connectivity index (χ2n) is 5.49. The lowest BCUT2D eigenvalue weighted by atomic mass is 10.1. The number of benzene rings is 2. The van der Waals surface area contributed by atoms with E-state index in [9.17, 15) is 4.79 Å². The normalized spacial score (nSPS) is 10.4. The molecule has 0 radical (unpaired) electrons. The number of hydrogen-bond donors (Lipinski definition) is 0. The van der Waals surface area contributed by atoms with E-state index in [0.717, 1.165) is 18.5 Å². The molecule has 0 bridgehead atoms. The summed E-state index contributed by atoms with van der Waals surface area (Å²) in [6.45, 7) is 4.23. The summed E-state index contributed by atoms with van der Waals surface area (Å²) in [5.74, 6) is 0.354. The molecule has 0 unspecified atom stereocenters. The standard InChI is InChI=1S/C20H19N3O2/c1-2-3-9-14-25-19-13-8-7-12-17(19)20(24)18-15-23(22-21-18)16-10-5-4-6-11-16/h2,4-8,10-13,15H,1,3,9,14H2. The molecule has 3 aromatic rings. The van der Waals surface area contributed by atoms with E-state index < -0.39 is 0 Å². The van der Waals surface area contributed by atoms with Crippen molar-refractivity contribution in [3.05, 3.63) is 84.7 Å². The summed E-state index contributed by atoms with van der Waals surface area (Å²) in [6.07, 6.45) is 5.21. The zero-order valence-electron chi connectivity index (χ0n) is 13.8. The van der Waals surface area contributed by atoms with Gasteiger partial charge in [0.05, 0.1) is 24.1 Å². The minimum Gasteiger partial charge on any atom is -0.493 e. The third-order valence-corrected chi connectivity index (χ3v) is 3.69. The average Bonchev–Trinajstić information content (AvgIpc) is 3.16. The number of allylic oxidation sites excluding steroid dienone is 1. The van der Waals surface area contributed by atoms with Gasteiger partial charge in [-0.3, -0.25) is 4.79 Å². The number of para-hydroxylation sites is 2. The molecule has 0 aliphatic carbocycles. The molecule has 2 aromatic carbocycles. The number of rotatable bonds is 8. The van der Waals surface area contributed by atoms with Gasteiger partial charge in [0.25, 0.3) is 0 Å². The molecule has 3 rings (SSSR count). The average molecular weight is 333 g/mol. The molecule has 1 aromatic heterocycles. The highest BCUT2D eigenvalue weighted by Crippen LogP contribution is 2.21. The summed E-state index contributed by atoms with van der Waals surface area (Å²) in [6, 6.07) is 16.7. The summed E-state index contributed by atoms with van der Waals surface area (Å²) in [7, 11) is 0. The molecule has 126 valence electrons. The maximum atomic E-state index is 12.8. The lowest BCUT2D eigenvalue weighted by Gasteiger charge is -2.09.